The molecule has 5 rings (SSSR count). The molecule has 0 fully saturated rings. The topological polar surface area (TPSA) is 116 Å². The number of carbonyl (C=O) groups excluding carboxylic acids is 1. The monoisotopic (exact) mass is 411 g/mol. The Morgan fingerprint density at radius 3 is 2.58 bits per heavy atom. The van der Waals surface area contributed by atoms with Crippen LogP contribution in [0.2, 0.25) is 0 Å². The number of nitrogens with one attached hydrogen (secondary N) is 1. The zero-order valence-electron chi connectivity index (χ0n) is 16.8. The Hall–Kier alpha value is -4.47. The molecule has 31 heavy (non-hydrogen) atoms. The Morgan fingerprint density at radius 1 is 0.968 bits per heavy atom. The standard InChI is InChI=1S/C21H17N9O/c1-13-19(24-28-30(13)18-7-3-6-17-16(18)5-4-12-22-17)21(31)23-15-10-8-14(9-11-15)20-25-27-29(2)26-20/h3-12H,1-2H3,(H,23,31). The van der Waals surface area contributed by atoms with Gasteiger partial charge < -0.3 is 5.32 Å². The quantitative estimate of drug-likeness (QED) is 0.483. The Morgan fingerprint density at radius 2 is 1.81 bits per heavy atom. The molecule has 1 N–H and O–H groups in total. The van der Waals surface area contributed by atoms with E-state index >= 15 is 0 Å². The number of amides is 1. The molecule has 3 aromatic heterocycles. The molecule has 0 atom stereocenters. The van der Waals surface area contributed by atoms with E-state index < -0.39 is 0 Å². The van der Waals surface area contributed by atoms with Gasteiger partial charge in [-0.2, -0.15) is 4.80 Å². The van der Waals surface area contributed by atoms with Crippen LogP contribution in [0.3, 0.4) is 0 Å². The van der Waals surface area contributed by atoms with Crippen molar-refractivity contribution in [1.82, 2.24) is 40.2 Å². The highest BCUT2D eigenvalue weighted by atomic mass is 16.2. The molecule has 0 aliphatic heterocycles. The molecule has 0 unspecified atom stereocenters. The number of carbonyl (C=O) groups is 1. The van der Waals surface area contributed by atoms with Crippen LogP contribution in [0.1, 0.15) is 16.2 Å². The van der Waals surface area contributed by atoms with Crippen LogP contribution < -0.4 is 5.32 Å². The van der Waals surface area contributed by atoms with Crippen LogP contribution in [-0.4, -0.2) is 46.1 Å². The molecule has 0 bridgehead atoms. The lowest BCUT2D eigenvalue weighted by Gasteiger charge is -2.08. The maximum Gasteiger partial charge on any atom is 0.278 e. The number of aromatic nitrogens is 8. The number of anilines is 1. The van der Waals surface area contributed by atoms with Gasteiger partial charge in [0.05, 0.1) is 23.9 Å². The Balaban J connectivity index is 1.40. The summed E-state index contributed by atoms with van der Waals surface area (Å²) >= 11 is 0. The maximum absolute atomic E-state index is 12.8. The number of fused-ring (bicyclic) bond motifs is 1. The summed E-state index contributed by atoms with van der Waals surface area (Å²) in [6, 6.07) is 16.8. The molecule has 0 spiro atoms. The Kier molecular flexibility index (Phi) is 4.43. The molecule has 2 aromatic carbocycles. The molecular formula is C21H17N9O. The molecule has 1 amide bonds. The molecule has 0 saturated carbocycles. The highest BCUT2D eigenvalue weighted by Crippen LogP contribution is 2.22. The molecule has 0 radical (unpaired) electrons. The van der Waals surface area contributed by atoms with Crippen LogP contribution in [0, 0.1) is 6.92 Å². The van der Waals surface area contributed by atoms with Gasteiger partial charge in [-0.15, -0.1) is 15.3 Å². The summed E-state index contributed by atoms with van der Waals surface area (Å²) in [6.45, 7) is 1.81. The number of hydrogen-bond acceptors (Lipinski definition) is 7. The summed E-state index contributed by atoms with van der Waals surface area (Å²) in [5.74, 6) is 0.177. The highest BCUT2D eigenvalue weighted by molar-refractivity contribution is 6.03. The van der Waals surface area contributed by atoms with Gasteiger partial charge >= 0.3 is 0 Å². The summed E-state index contributed by atoms with van der Waals surface area (Å²) in [7, 11) is 1.70. The smallest absolute Gasteiger partial charge is 0.278 e. The average Bonchev–Trinajstić information content (AvgIpc) is 3.39. The van der Waals surface area contributed by atoms with Crippen molar-refractivity contribution in [2.75, 3.05) is 5.32 Å². The lowest BCUT2D eigenvalue weighted by molar-refractivity contribution is 0.102. The first-order chi connectivity index (χ1) is 15.1. The number of rotatable bonds is 4. The van der Waals surface area contributed by atoms with Crippen molar-refractivity contribution in [2.45, 2.75) is 6.92 Å². The number of aryl methyl sites for hydroxylation is 1. The predicted octanol–water partition coefficient (Wildman–Crippen LogP) is 2.57. The molecule has 3 heterocycles. The zero-order valence-corrected chi connectivity index (χ0v) is 16.8. The molecule has 10 nitrogen and oxygen atoms in total. The highest BCUT2D eigenvalue weighted by Gasteiger charge is 2.19. The minimum Gasteiger partial charge on any atom is -0.321 e. The van der Waals surface area contributed by atoms with Crippen LogP contribution in [-0.2, 0) is 7.05 Å². The SMILES string of the molecule is Cc1c(C(=O)Nc2ccc(-c3nnn(C)n3)cc2)nnn1-c1cccc2ncccc12. The van der Waals surface area contributed by atoms with Crippen LogP contribution in [0.4, 0.5) is 5.69 Å². The fourth-order valence-electron chi connectivity index (χ4n) is 3.33. The first kappa shape index (κ1) is 18.6. The van der Waals surface area contributed by atoms with Gasteiger partial charge in [0, 0.05) is 22.8 Å². The number of pyridine rings is 1. The van der Waals surface area contributed by atoms with Gasteiger partial charge in [0.2, 0.25) is 5.82 Å². The molecule has 0 saturated heterocycles. The third-order valence-corrected chi connectivity index (χ3v) is 4.87. The molecular weight excluding hydrogens is 394 g/mol. The van der Waals surface area contributed by atoms with Gasteiger partial charge in [-0.05, 0) is 60.7 Å². The van der Waals surface area contributed by atoms with E-state index in [1.807, 2.05) is 49.4 Å². The van der Waals surface area contributed by atoms with E-state index in [0.29, 0.717) is 17.2 Å². The van der Waals surface area contributed by atoms with E-state index in [4.69, 9.17) is 0 Å². The molecule has 0 aliphatic rings. The zero-order chi connectivity index (χ0) is 21.4. The fraction of sp³-hybridized carbons (Fsp3) is 0.0952. The van der Waals surface area contributed by atoms with Crippen molar-refractivity contribution < 1.29 is 4.79 Å². The van der Waals surface area contributed by atoms with Crippen LogP contribution in [0.15, 0.2) is 60.8 Å². The van der Waals surface area contributed by atoms with Crippen molar-refractivity contribution in [3.63, 3.8) is 0 Å². The maximum atomic E-state index is 12.8. The van der Waals surface area contributed by atoms with Crippen molar-refractivity contribution in [3.8, 4) is 17.1 Å². The van der Waals surface area contributed by atoms with E-state index in [9.17, 15) is 4.79 Å². The number of hydrogen-bond donors (Lipinski definition) is 1. The van der Waals surface area contributed by atoms with Gasteiger partial charge in [0.1, 0.15) is 0 Å². The lowest BCUT2D eigenvalue weighted by atomic mass is 10.1. The van der Waals surface area contributed by atoms with Crippen molar-refractivity contribution >= 4 is 22.5 Å². The summed E-state index contributed by atoms with van der Waals surface area (Å²) in [4.78, 5) is 18.6. The van der Waals surface area contributed by atoms with E-state index in [2.05, 4.69) is 36.0 Å². The van der Waals surface area contributed by atoms with E-state index in [1.165, 1.54) is 4.80 Å². The largest absolute Gasteiger partial charge is 0.321 e. The molecule has 10 heteroatoms. The third-order valence-electron chi connectivity index (χ3n) is 4.87. The van der Waals surface area contributed by atoms with Crippen molar-refractivity contribution in [1.29, 1.82) is 0 Å². The van der Waals surface area contributed by atoms with Crippen LogP contribution >= 0.6 is 0 Å². The molecule has 152 valence electrons. The lowest BCUT2D eigenvalue weighted by Crippen LogP contribution is -2.14. The second-order valence-electron chi connectivity index (χ2n) is 6.92. The second-order valence-corrected chi connectivity index (χ2v) is 6.92. The van der Waals surface area contributed by atoms with Crippen molar-refractivity contribution in [2.24, 2.45) is 7.05 Å². The van der Waals surface area contributed by atoms with Gasteiger partial charge in [-0.1, -0.05) is 11.3 Å². The summed E-state index contributed by atoms with van der Waals surface area (Å²) in [5, 5.41) is 24.1. The molecule has 0 aliphatic carbocycles. The van der Waals surface area contributed by atoms with E-state index in [1.54, 1.807) is 30.1 Å². The summed E-state index contributed by atoms with van der Waals surface area (Å²) in [6.07, 6.45) is 1.74. The van der Waals surface area contributed by atoms with Gasteiger partial charge in [0.15, 0.2) is 5.69 Å². The summed E-state index contributed by atoms with van der Waals surface area (Å²) in [5.41, 5.74) is 3.97. The number of benzene rings is 2. The van der Waals surface area contributed by atoms with E-state index in [0.717, 1.165) is 22.2 Å². The van der Waals surface area contributed by atoms with Crippen molar-refractivity contribution in [3.05, 3.63) is 72.2 Å². The van der Waals surface area contributed by atoms with Crippen LogP contribution in [0.5, 0.6) is 0 Å². The summed E-state index contributed by atoms with van der Waals surface area (Å²) < 4.78 is 1.65. The first-order valence-corrected chi connectivity index (χ1v) is 9.52. The van der Waals surface area contributed by atoms with Crippen LogP contribution in [0.25, 0.3) is 28.0 Å². The van der Waals surface area contributed by atoms with Gasteiger partial charge in [-0.25, -0.2) is 4.68 Å². The van der Waals surface area contributed by atoms with E-state index in [-0.39, 0.29) is 11.6 Å². The minimum atomic E-state index is -0.340. The molecule has 5 aromatic rings. The first-order valence-electron chi connectivity index (χ1n) is 9.52. The fourth-order valence-corrected chi connectivity index (χ4v) is 3.33. The van der Waals surface area contributed by atoms with Gasteiger partial charge in [0.25, 0.3) is 5.91 Å². The minimum absolute atomic E-state index is 0.251. The number of nitrogens with zero attached hydrogens (tertiary/aromatic N) is 8. The number of tetrazole rings is 1. The third kappa shape index (κ3) is 3.39. The predicted molar refractivity (Wildman–Crippen MR) is 114 cm³/mol. The second kappa shape index (κ2) is 7.41. The Bertz CT molecular complexity index is 1400. The Labute approximate surface area is 176 Å². The normalized spacial score (nSPS) is 11.0. The van der Waals surface area contributed by atoms with Gasteiger partial charge in [-0.3, -0.25) is 9.78 Å². The average molecular weight is 411 g/mol.